The summed E-state index contributed by atoms with van der Waals surface area (Å²) in [6, 6.07) is 15.3. The van der Waals surface area contributed by atoms with Gasteiger partial charge in [0.1, 0.15) is 0 Å². The molecule has 1 aliphatic heterocycles. The second-order valence-corrected chi connectivity index (χ2v) is 7.29. The van der Waals surface area contributed by atoms with Crippen LogP contribution in [-0.4, -0.2) is 36.1 Å². The van der Waals surface area contributed by atoms with E-state index < -0.39 is 0 Å². The first kappa shape index (κ1) is 18.9. The van der Waals surface area contributed by atoms with E-state index in [-0.39, 0.29) is 18.1 Å². The van der Waals surface area contributed by atoms with Crippen LogP contribution < -0.4 is 5.32 Å². The minimum absolute atomic E-state index is 0.154. The number of morpholine rings is 1. The molecular formula is C21H25ClN2O2. The number of carbonyl (C=O) groups excluding carboxylic acids is 1. The number of rotatable bonds is 5. The highest BCUT2D eigenvalue weighted by atomic mass is 35.5. The van der Waals surface area contributed by atoms with Crippen LogP contribution in [0, 0.1) is 0 Å². The van der Waals surface area contributed by atoms with E-state index in [0.29, 0.717) is 17.1 Å². The molecule has 1 saturated heterocycles. The third kappa shape index (κ3) is 4.85. The SMILES string of the molecule is C[C@@H]1CN(Cc2ccccc2CNC(=O)c2ccccc2Cl)C[C@@H](C)O1. The molecule has 2 atom stereocenters. The zero-order valence-electron chi connectivity index (χ0n) is 15.2. The topological polar surface area (TPSA) is 41.6 Å². The highest BCUT2D eigenvalue weighted by Crippen LogP contribution is 2.18. The lowest BCUT2D eigenvalue weighted by Crippen LogP contribution is -2.45. The van der Waals surface area contributed by atoms with Crippen LogP contribution in [0.1, 0.15) is 35.3 Å². The standard InChI is InChI=1S/C21H25ClN2O2/c1-15-12-24(13-16(2)26-15)14-18-8-4-3-7-17(18)11-23-21(25)19-9-5-6-10-20(19)22/h3-10,15-16H,11-14H2,1-2H3,(H,23,25)/t15-,16-/m1/s1. The molecule has 26 heavy (non-hydrogen) atoms. The van der Waals surface area contributed by atoms with Gasteiger partial charge in [-0.25, -0.2) is 0 Å². The van der Waals surface area contributed by atoms with Crippen molar-refractivity contribution in [3.8, 4) is 0 Å². The van der Waals surface area contributed by atoms with Crippen LogP contribution in [0.25, 0.3) is 0 Å². The van der Waals surface area contributed by atoms with Gasteiger partial charge >= 0.3 is 0 Å². The Hall–Kier alpha value is -1.88. The summed E-state index contributed by atoms with van der Waals surface area (Å²) in [6.07, 6.45) is 0.483. The van der Waals surface area contributed by atoms with E-state index in [2.05, 4.69) is 36.2 Å². The first-order valence-corrected chi connectivity index (χ1v) is 9.38. The Morgan fingerprint density at radius 2 is 1.69 bits per heavy atom. The summed E-state index contributed by atoms with van der Waals surface area (Å²) < 4.78 is 5.81. The summed E-state index contributed by atoms with van der Waals surface area (Å²) in [5.74, 6) is -0.154. The van der Waals surface area contributed by atoms with Gasteiger partial charge in [-0.15, -0.1) is 0 Å². The van der Waals surface area contributed by atoms with Gasteiger partial charge in [-0.05, 0) is 37.1 Å². The molecule has 0 radical (unpaired) electrons. The smallest absolute Gasteiger partial charge is 0.253 e. The van der Waals surface area contributed by atoms with Gasteiger partial charge in [0.25, 0.3) is 5.91 Å². The van der Waals surface area contributed by atoms with Crippen molar-refractivity contribution >= 4 is 17.5 Å². The molecule has 0 spiro atoms. The Bertz CT molecular complexity index is 755. The minimum atomic E-state index is -0.154. The third-order valence-electron chi connectivity index (χ3n) is 4.57. The first-order valence-electron chi connectivity index (χ1n) is 9.00. The second-order valence-electron chi connectivity index (χ2n) is 6.88. The molecule has 2 aromatic carbocycles. The van der Waals surface area contributed by atoms with Crippen molar-refractivity contribution in [2.45, 2.75) is 39.1 Å². The number of benzene rings is 2. The van der Waals surface area contributed by atoms with E-state index in [4.69, 9.17) is 16.3 Å². The lowest BCUT2D eigenvalue weighted by molar-refractivity contribution is -0.0705. The van der Waals surface area contributed by atoms with Gasteiger partial charge in [-0.1, -0.05) is 48.0 Å². The normalized spacial score (nSPS) is 20.7. The van der Waals surface area contributed by atoms with Crippen molar-refractivity contribution in [3.05, 3.63) is 70.2 Å². The van der Waals surface area contributed by atoms with E-state index >= 15 is 0 Å². The fourth-order valence-electron chi connectivity index (χ4n) is 3.45. The average Bonchev–Trinajstić information content (AvgIpc) is 2.60. The van der Waals surface area contributed by atoms with Gasteiger partial charge < -0.3 is 10.1 Å². The largest absolute Gasteiger partial charge is 0.373 e. The fraction of sp³-hybridized carbons (Fsp3) is 0.381. The summed E-state index contributed by atoms with van der Waals surface area (Å²) in [6.45, 7) is 7.40. The highest BCUT2D eigenvalue weighted by Gasteiger charge is 2.22. The maximum atomic E-state index is 12.4. The monoisotopic (exact) mass is 372 g/mol. The zero-order valence-corrected chi connectivity index (χ0v) is 16.0. The number of ether oxygens (including phenoxy) is 1. The van der Waals surface area contributed by atoms with Gasteiger partial charge in [-0.2, -0.15) is 0 Å². The zero-order chi connectivity index (χ0) is 18.5. The van der Waals surface area contributed by atoms with Gasteiger partial charge in [0.2, 0.25) is 0 Å². The van der Waals surface area contributed by atoms with Crippen molar-refractivity contribution < 1.29 is 9.53 Å². The Balaban J connectivity index is 1.66. The number of hydrogen-bond acceptors (Lipinski definition) is 3. The summed E-state index contributed by atoms with van der Waals surface area (Å²) >= 11 is 6.11. The van der Waals surface area contributed by atoms with E-state index in [1.807, 2.05) is 24.3 Å². The number of nitrogens with one attached hydrogen (secondary N) is 1. The summed E-state index contributed by atoms with van der Waals surface area (Å²) in [7, 11) is 0. The molecule has 1 N–H and O–H groups in total. The Kier molecular flexibility index (Phi) is 6.30. The molecule has 5 heteroatoms. The molecule has 0 saturated carbocycles. The molecule has 1 fully saturated rings. The van der Waals surface area contributed by atoms with Gasteiger partial charge in [0.15, 0.2) is 0 Å². The quantitative estimate of drug-likeness (QED) is 0.866. The molecule has 0 aliphatic carbocycles. The molecular weight excluding hydrogens is 348 g/mol. The van der Waals surface area contributed by atoms with Gasteiger partial charge in [0, 0.05) is 26.2 Å². The predicted octanol–water partition coefficient (Wildman–Crippen LogP) is 3.88. The molecule has 1 amide bonds. The van der Waals surface area contributed by atoms with E-state index in [1.54, 1.807) is 12.1 Å². The van der Waals surface area contributed by atoms with Crippen LogP contribution >= 0.6 is 11.6 Å². The molecule has 0 bridgehead atoms. The van der Waals surface area contributed by atoms with Crippen molar-refractivity contribution in [3.63, 3.8) is 0 Å². The fourth-order valence-corrected chi connectivity index (χ4v) is 3.68. The summed E-state index contributed by atoms with van der Waals surface area (Å²) in [5, 5.41) is 3.45. The lowest BCUT2D eigenvalue weighted by Gasteiger charge is -2.35. The van der Waals surface area contributed by atoms with Gasteiger partial charge in [-0.3, -0.25) is 9.69 Å². The van der Waals surface area contributed by atoms with Crippen molar-refractivity contribution in [1.82, 2.24) is 10.2 Å². The van der Waals surface area contributed by atoms with Crippen molar-refractivity contribution in [2.24, 2.45) is 0 Å². The molecule has 4 nitrogen and oxygen atoms in total. The number of halogens is 1. The second kappa shape index (κ2) is 8.67. The molecule has 0 unspecified atom stereocenters. The maximum Gasteiger partial charge on any atom is 0.253 e. The number of carbonyl (C=O) groups is 1. The third-order valence-corrected chi connectivity index (χ3v) is 4.90. The maximum absolute atomic E-state index is 12.4. The number of nitrogens with zero attached hydrogens (tertiary/aromatic N) is 1. The molecule has 3 rings (SSSR count). The van der Waals surface area contributed by atoms with Crippen LogP contribution in [-0.2, 0) is 17.8 Å². The lowest BCUT2D eigenvalue weighted by atomic mass is 10.1. The summed E-state index contributed by atoms with van der Waals surface area (Å²) in [4.78, 5) is 14.8. The number of amides is 1. The molecule has 2 aromatic rings. The van der Waals surface area contributed by atoms with E-state index in [0.717, 1.165) is 25.2 Å². The van der Waals surface area contributed by atoms with Crippen LogP contribution in [0.4, 0.5) is 0 Å². The number of hydrogen-bond donors (Lipinski definition) is 1. The first-order chi connectivity index (χ1) is 12.5. The van der Waals surface area contributed by atoms with Crippen LogP contribution in [0.5, 0.6) is 0 Å². The molecule has 0 aromatic heterocycles. The highest BCUT2D eigenvalue weighted by molar-refractivity contribution is 6.33. The molecule has 1 aliphatic rings. The van der Waals surface area contributed by atoms with E-state index in [9.17, 15) is 4.79 Å². The van der Waals surface area contributed by atoms with Crippen LogP contribution in [0.15, 0.2) is 48.5 Å². The van der Waals surface area contributed by atoms with E-state index in [1.165, 1.54) is 5.56 Å². The Morgan fingerprint density at radius 1 is 1.08 bits per heavy atom. The molecule has 138 valence electrons. The minimum Gasteiger partial charge on any atom is -0.373 e. The Morgan fingerprint density at radius 3 is 2.38 bits per heavy atom. The van der Waals surface area contributed by atoms with Crippen LogP contribution in [0.2, 0.25) is 5.02 Å². The summed E-state index contributed by atoms with van der Waals surface area (Å²) in [5.41, 5.74) is 2.86. The Labute approximate surface area is 160 Å². The van der Waals surface area contributed by atoms with Gasteiger partial charge in [0.05, 0.1) is 22.8 Å². The molecule has 1 heterocycles. The van der Waals surface area contributed by atoms with Crippen molar-refractivity contribution in [2.75, 3.05) is 13.1 Å². The van der Waals surface area contributed by atoms with Crippen LogP contribution in [0.3, 0.4) is 0 Å². The average molecular weight is 373 g/mol. The predicted molar refractivity (Wildman–Crippen MR) is 104 cm³/mol. The van der Waals surface area contributed by atoms with Crippen molar-refractivity contribution in [1.29, 1.82) is 0 Å².